The highest BCUT2D eigenvalue weighted by molar-refractivity contribution is 7.99. The number of rotatable bonds is 3. The van der Waals surface area contributed by atoms with Gasteiger partial charge in [-0.15, -0.1) is 0 Å². The number of benzene rings is 1. The lowest BCUT2D eigenvalue weighted by atomic mass is 10.0. The molecule has 0 bridgehead atoms. The van der Waals surface area contributed by atoms with E-state index >= 15 is 0 Å². The molecule has 0 aliphatic heterocycles. The summed E-state index contributed by atoms with van der Waals surface area (Å²) < 4.78 is 0. The van der Waals surface area contributed by atoms with Crippen LogP contribution < -0.4 is 5.73 Å². The molecule has 94 valence electrons. The maximum atomic E-state index is 5.96. The maximum absolute atomic E-state index is 5.96. The molecule has 2 nitrogen and oxygen atoms in total. The van der Waals surface area contributed by atoms with Gasteiger partial charge in [0.1, 0.15) is 5.03 Å². The SMILES string of the molecule is Cc1cnc(Sc2ccc(C(C)C)cc2)c(N)c1. The fraction of sp³-hybridized carbons (Fsp3) is 0.267. The van der Waals surface area contributed by atoms with Gasteiger partial charge in [0, 0.05) is 11.1 Å². The van der Waals surface area contributed by atoms with Crippen LogP contribution in [0, 0.1) is 6.92 Å². The van der Waals surface area contributed by atoms with Gasteiger partial charge in [0.05, 0.1) is 5.69 Å². The van der Waals surface area contributed by atoms with Gasteiger partial charge in [0.25, 0.3) is 0 Å². The van der Waals surface area contributed by atoms with Gasteiger partial charge in [-0.05, 0) is 42.2 Å². The Morgan fingerprint density at radius 2 is 1.83 bits per heavy atom. The zero-order valence-electron chi connectivity index (χ0n) is 11.0. The first kappa shape index (κ1) is 13.0. The molecule has 0 atom stereocenters. The van der Waals surface area contributed by atoms with Crippen molar-refractivity contribution in [3.8, 4) is 0 Å². The van der Waals surface area contributed by atoms with Crippen molar-refractivity contribution in [1.29, 1.82) is 0 Å². The lowest BCUT2D eigenvalue weighted by Gasteiger charge is -2.08. The van der Waals surface area contributed by atoms with Crippen LogP contribution >= 0.6 is 11.8 Å². The Balaban J connectivity index is 2.18. The quantitative estimate of drug-likeness (QED) is 0.894. The van der Waals surface area contributed by atoms with Crippen LogP contribution in [0.15, 0.2) is 46.5 Å². The molecule has 0 amide bonds. The van der Waals surface area contributed by atoms with E-state index in [1.165, 1.54) is 10.5 Å². The topological polar surface area (TPSA) is 38.9 Å². The van der Waals surface area contributed by atoms with Crippen LogP contribution in [0.5, 0.6) is 0 Å². The summed E-state index contributed by atoms with van der Waals surface area (Å²) >= 11 is 1.61. The molecule has 1 heterocycles. The van der Waals surface area contributed by atoms with Crippen molar-refractivity contribution in [2.75, 3.05) is 5.73 Å². The smallest absolute Gasteiger partial charge is 0.124 e. The predicted molar refractivity (Wildman–Crippen MR) is 78.0 cm³/mol. The van der Waals surface area contributed by atoms with E-state index in [0.717, 1.165) is 16.3 Å². The highest BCUT2D eigenvalue weighted by Crippen LogP contribution is 2.31. The molecule has 0 aliphatic rings. The van der Waals surface area contributed by atoms with Crippen LogP contribution in [0.4, 0.5) is 5.69 Å². The van der Waals surface area contributed by atoms with E-state index in [0.29, 0.717) is 5.92 Å². The number of hydrogen-bond donors (Lipinski definition) is 1. The molecule has 1 aromatic heterocycles. The van der Waals surface area contributed by atoms with Crippen molar-refractivity contribution in [3.63, 3.8) is 0 Å². The second kappa shape index (κ2) is 5.44. The average Bonchev–Trinajstić information content (AvgIpc) is 2.33. The summed E-state index contributed by atoms with van der Waals surface area (Å²) in [6, 6.07) is 10.5. The van der Waals surface area contributed by atoms with Gasteiger partial charge < -0.3 is 5.73 Å². The zero-order chi connectivity index (χ0) is 13.1. The van der Waals surface area contributed by atoms with Crippen molar-refractivity contribution in [2.24, 2.45) is 0 Å². The molecule has 0 fully saturated rings. The Labute approximate surface area is 113 Å². The van der Waals surface area contributed by atoms with Crippen molar-refractivity contribution in [3.05, 3.63) is 47.7 Å². The molecular formula is C15H18N2S. The van der Waals surface area contributed by atoms with Crippen LogP contribution in [-0.2, 0) is 0 Å². The first-order valence-electron chi connectivity index (χ1n) is 6.06. The normalized spacial score (nSPS) is 10.9. The minimum absolute atomic E-state index is 0.562. The molecule has 2 rings (SSSR count). The Morgan fingerprint density at radius 3 is 2.39 bits per heavy atom. The summed E-state index contributed by atoms with van der Waals surface area (Å²) in [6.45, 7) is 6.39. The van der Waals surface area contributed by atoms with Crippen molar-refractivity contribution >= 4 is 17.4 Å². The summed E-state index contributed by atoms with van der Waals surface area (Å²) in [5, 5.41) is 0.873. The number of aryl methyl sites for hydroxylation is 1. The van der Waals surface area contributed by atoms with E-state index in [4.69, 9.17) is 5.73 Å². The van der Waals surface area contributed by atoms with E-state index in [1.807, 2.05) is 19.2 Å². The van der Waals surface area contributed by atoms with Gasteiger partial charge in [0.15, 0.2) is 0 Å². The van der Waals surface area contributed by atoms with E-state index in [9.17, 15) is 0 Å². The van der Waals surface area contributed by atoms with Crippen LogP contribution in [-0.4, -0.2) is 4.98 Å². The molecule has 1 aromatic carbocycles. The van der Waals surface area contributed by atoms with Crippen LogP contribution in [0.1, 0.15) is 30.9 Å². The third-order valence-electron chi connectivity index (χ3n) is 2.78. The number of aromatic nitrogens is 1. The third-order valence-corrected chi connectivity index (χ3v) is 3.82. The van der Waals surface area contributed by atoms with Crippen LogP contribution in [0.25, 0.3) is 0 Å². The van der Waals surface area contributed by atoms with Crippen molar-refractivity contribution in [2.45, 2.75) is 36.6 Å². The van der Waals surface area contributed by atoms with Gasteiger partial charge >= 0.3 is 0 Å². The molecule has 0 radical (unpaired) electrons. The van der Waals surface area contributed by atoms with Crippen molar-refractivity contribution < 1.29 is 0 Å². The summed E-state index contributed by atoms with van der Waals surface area (Å²) in [4.78, 5) is 5.54. The average molecular weight is 258 g/mol. The number of hydrogen-bond acceptors (Lipinski definition) is 3. The molecule has 18 heavy (non-hydrogen) atoms. The molecule has 2 aromatic rings. The fourth-order valence-electron chi connectivity index (χ4n) is 1.70. The number of nitrogens with two attached hydrogens (primary N) is 1. The molecule has 0 spiro atoms. The maximum Gasteiger partial charge on any atom is 0.124 e. The minimum atomic E-state index is 0.562. The number of anilines is 1. The lowest BCUT2D eigenvalue weighted by Crippen LogP contribution is -1.93. The summed E-state index contributed by atoms with van der Waals surface area (Å²) in [5.41, 5.74) is 9.15. The third kappa shape index (κ3) is 3.05. The van der Waals surface area contributed by atoms with Gasteiger partial charge in [-0.25, -0.2) is 4.98 Å². The molecule has 2 N–H and O–H groups in total. The largest absolute Gasteiger partial charge is 0.397 e. The summed E-state index contributed by atoms with van der Waals surface area (Å²) in [6.07, 6.45) is 1.85. The van der Waals surface area contributed by atoms with Gasteiger partial charge in [0.2, 0.25) is 0 Å². The van der Waals surface area contributed by atoms with Gasteiger partial charge in [-0.2, -0.15) is 0 Å². The van der Waals surface area contributed by atoms with Crippen LogP contribution in [0.3, 0.4) is 0 Å². The second-order valence-corrected chi connectivity index (χ2v) is 5.80. The van der Waals surface area contributed by atoms with E-state index in [2.05, 4.69) is 43.1 Å². The minimum Gasteiger partial charge on any atom is -0.397 e. The predicted octanol–water partition coefficient (Wildman–Crippen LogP) is 4.25. The molecule has 3 heteroatoms. The highest BCUT2D eigenvalue weighted by Gasteiger charge is 2.05. The zero-order valence-corrected chi connectivity index (χ0v) is 11.8. The summed E-state index contributed by atoms with van der Waals surface area (Å²) in [7, 11) is 0. The second-order valence-electron chi connectivity index (χ2n) is 4.73. The van der Waals surface area contributed by atoms with Gasteiger partial charge in [-0.3, -0.25) is 0 Å². The molecule has 0 aliphatic carbocycles. The Morgan fingerprint density at radius 1 is 1.17 bits per heavy atom. The number of nitrogens with zero attached hydrogens (tertiary/aromatic N) is 1. The Kier molecular flexibility index (Phi) is 3.92. The molecule has 0 unspecified atom stereocenters. The van der Waals surface area contributed by atoms with E-state index < -0.39 is 0 Å². The lowest BCUT2D eigenvalue weighted by molar-refractivity contribution is 0.865. The number of nitrogen functional groups attached to an aromatic ring is 1. The monoisotopic (exact) mass is 258 g/mol. The first-order chi connectivity index (χ1) is 8.56. The van der Waals surface area contributed by atoms with Gasteiger partial charge in [-0.1, -0.05) is 37.7 Å². The standard InChI is InChI=1S/C15H18N2S/c1-10(2)12-4-6-13(7-5-12)18-15-14(16)8-11(3)9-17-15/h4-10H,16H2,1-3H3. The Hall–Kier alpha value is -1.48. The van der Waals surface area contributed by atoms with Crippen molar-refractivity contribution in [1.82, 2.24) is 4.98 Å². The summed E-state index contributed by atoms with van der Waals surface area (Å²) in [5.74, 6) is 0.562. The molecule has 0 saturated heterocycles. The first-order valence-corrected chi connectivity index (χ1v) is 6.88. The molecule has 0 saturated carbocycles. The van der Waals surface area contributed by atoms with E-state index in [-0.39, 0.29) is 0 Å². The van der Waals surface area contributed by atoms with E-state index in [1.54, 1.807) is 11.8 Å². The highest BCUT2D eigenvalue weighted by atomic mass is 32.2. The fourth-order valence-corrected chi connectivity index (χ4v) is 2.47. The number of pyridine rings is 1. The van der Waals surface area contributed by atoms with Crippen LogP contribution in [0.2, 0.25) is 0 Å². The molecular weight excluding hydrogens is 240 g/mol. The Bertz CT molecular complexity index is 533.